The molecule has 2 rings (SSSR count). The number of hydrogen-bond acceptors (Lipinski definition) is 6. The van der Waals surface area contributed by atoms with Gasteiger partial charge in [-0.2, -0.15) is 0 Å². The average molecular weight is 296 g/mol. The van der Waals surface area contributed by atoms with Crippen molar-refractivity contribution in [1.82, 2.24) is 15.2 Å². The molecule has 0 radical (unpaired) electrons. The summed E-state index contributed by atoms with van der Waals surface area (Å²) in [5.41, 5.74) is 3.02. The monoisotopic (exact) mass is 296 g/mol. The molecule has 6 heteroatoms. The van der Waals surface area contributed by atoms with Gasteiger partial charge in [0.05, 0.1) is 16.1 Å². The Labute approximate surface area is 122 Å². The van der Waals surface area contributed by atoms with Gasteiger partial charge in [0.15, 0.2) is 5.01 Å². The summed E-state index contributed by atoms with van der Waals surface area (Å²) >= 11 is 3.24. The second-order valence-corrected chi connectivity index (χ2v) is 7.48. The molecule has 0 saturated carbocycles. The van der Waals surface area contributed by atoms with Gasteiger partial charge in [0.1, 0.15) is 0 Å². The molecule has 0 bridgehead atoms. The summed E-state index contributed by atoms with van der Waals surface area (Å²) in [7, 11) is 0. The maximum absolute atomic E-state index is 4.49. The van der Waals surface area contributed by atoms with Crippen LogP contribution in [-0.4, -0.2) is 21.2 Å². The zero-order valence-electron chi connectivity index (χ0n) is 12.0. The lowest BCUT2D eigenvalue weighted by Gasteiger charge is -2.16. The third kappa shape index (κ3) is 3.30. The van der Waals surface area contributed by atoms with Gasteiger partial charge in [0.25, 0.3) is 0 Å². The number of anilines is 1. The standard InChI is InChI=1S/C13H20N4S2/c1-6-8(2)15-12-17-16-11(19-12)9-10(13(3,4)5)14-7-18-9/h7-8H,6H2,1-5H3,(H,15,17). The second-order valence-electron chi connectivity index (χ2n) is 5.65. The van der Waals surface area contributed by atoms with Crippen LogP contribution in [0.4, 0.5) is 5.13 Å². The lowest BCUT2D eigenvalue weighted by Crippen LogP contribution is -2.12. The molecule has 0 spiro atoms. The van der Waals surface area contributed by atoms with Crippen LogP contribution in [0.25, 0.3) is 9.88 Å². The summed E-state index contributed by atoms with van der Waals surface area (Å²) in [5.74, 6) is 0. The highest BCUT2D eigenvalue weighted by Crippen LogP contribution is 2.37. The van der Waals surface area contributed by atoms with Crippen LogP contribution in [-0.2, 0) is 5.41 Å². The fraction of sp³-hybridized carbons (Fsp3) is 0.615. The highest BCUT2D eigenvalue weighted by molar-refractivity contribution is 7.22. The fourth-order valence-corrected chi connectivity index (χ4v) is 3.56. The number of rotatable bonds is 4. The maximum Gasteiger partial charge on any atom is 0.206 e. The summed E-state index contributed by atoms with van der Waals surface area (Å²) in [6.45, 7) is 10.8. The van der Waals surface area contributed by atoms with Crippen LogP contribution >= 0.6 is 22.7 Å². The van der Waals surface area contributed by atoms with Crippen LogP contribution in [0.15, 0.2) is 5.51 Å². The Balaban J connectivity index is 2.26. The summed E-state index contributed by atoms with van der Waals surface area (Å²) in [4.78, 5) is 5.63. The van der Waals surface area contributed by atoms with Crippen LogP contribution in [0, 0.1) is 0 Å². The molecule has 104 valence electrons. The summed E-state index contributed by atoms with van der Waals surface area (Å²) in [6.07, 6.45) is 1.07. The first-order valence-electron chi connectivity index (χ1n) is 6.46. The van der Waals surface area contributed by atoms with Gasteiger partial charge in [-0.05, 0) is 13.3 Å². The molecule has 2 aromatic rings. The van der Waals surface area contributed by atoms with E-state index in [4.69, 9.17) is 0 Å². The molecule has 0 aromatic carbocycles. The molecule has 19 heavy (non-hydrogen) atoms. The predicted octanol–water partition coefficient (Wildman–Crippen LogP) is 4.17. The Morgan fingerprint density at radius 3 is 2.68 bits per heavy atom. The molecule has 0 aliphatic heterocycles. The summed E-state index contributed by atoms with van der Waals surface area (Å²) in [5, 5.41) is 13.7. The normalized spacial score (nSPS) is 13.5. The zero-order chi connectivity index (χ0) is 14.0. The highest BCUT2D eigenvalue weighted by atomic mass is 32.1. The maximum atomic E-state index is 4.49. The van der Waals surface area contributed by atoms with Gasteiger partial charge in [-0.25, -0.2) is 4.98 Å². The van der Waals surface area contributed by atoms with E-state index in [1.165, 1.54) is 0 Å². The summed E-state index contributed by atoms with van der Waals surface area (Å²) in [6, 6.07) is 0.421. The van der Waals surface area contributed by atoms with E-state index >= 15 is 0 Å². The van der Waals surface area contributed by atoms with E-state index in [1.54, 1.807) is 22.7 Å². The Hall–Kier alpha value is -1.01. The molecule has 4 nitrogen and oxygen atoms in total. The minimum atomic E-state index is 0.0330. The van der Waals surface area contributed by atoms with E-state index in [0.717, 1.165) is 27.1 Å². The molecule has 1 atom stereocenters. The lowest BCUT2D eigenvalue weighted by atomic mass is 9.91. The van der Waals surface area contributed by atoms with Crippen LogP contribution in [0.1, 0.15) is 46.7 Å². The summed E-state index contributed by atoms with van der Waals surface area (Å²) < 4.78 is 0. The quantitative estimate of drug-likeness (QED) is 0.920. The molecule has 0 fully saturated rings. The smallest absolute Gasteiger partial charge is 0.206 e. The lowest BCUT2D eigenvalue weighted by molar-refractivity contribution is 0.574. The van der Waals surface area contributed by atoms with Crippen molar-refractivity contribution in [3.05, 3.63) is 11.2 Å². The number of hydrogen-bond donors (Lipinski definition) is 1. The van der Waals surface area contributed by atoms with Crippen molar-refractivity contribution >= 4 is 27.8 Å². The van der Waals surface area contributed by atoms with Gasteiger partial charge in [-0.3, -0.25) is 0 Å². The molecular formula is C13H20N4S2. The minimum absolute atomic E-state index is 0.0330. The Morgan fingerprint density at radius 2 is 2.05 bits per heavy atom. The van der Waals surface area contributed by atoms with E-state index in [-0.39, 0.29) is 5.41 Å². The Kier molecular flexibility index (Phi) is 4.20. The van der Waals surface area contributed by atoms with Gasteiger partial charge >= 0.3 is 0 Å². The van der Waals surface area contributed by atoms with Crippen molar-refractivity contribution in [2.24, 2.45) is 0 Å². The number of aromatic nitrogens is 3. The van der Waals surface area contributed by atoms with Crippen molar-refractivity contribution in [3.8, 4) is 9.88 Å². The largest absolute Gasteiger partial charge is 0.358 e. The van der Waals surface area contributed by atoms with Gasteiger partial charge in [-0.1, -0.05) is 39.0 Å². The minimum Gasteiger partial charge on any atom is -0.358 e. The van der Waals surface area contributed by atoms with Crippen LogP contribution < -0.4 is 5.32 Å². The van der Waals surface area contributed by atoms with Crippen molar-refractivity contribution < 1.29 is 0 Å². The average Bonchev–Trinajstić information content (AvgIpc) is 2.94. The number of nitrogens with zero attached hydrogens (tertiary/aromatic N) is 3. The zero-order valence-corrected chi connectivity index (χ0v) is 13.7. The van der Waals surface area contributed by atoms with Crippen LogP contribution in [0.5, 0.6) is 0 Å². The predicted molar refractivity (Wildman–Crippen MR) is 83.1 cm³/mol. The van der Waals surface area contributed by atoms with Crippen molar-refractivity contribution in [2.75, 3.05) is 5.32 Å². The second kappa shape index (κ2) is 5.54. The van der Waals surface area contributed by atoms with Gasteiger partial charge in [0.2, 0.25) is 5.13 Å². The molecule has 1 unspecified atom stereocenters. The topological polar surface area (TPSA) is 50.7 Å². The molecule has 0 aliphatic rings. The van der Waals surface area contributed by atoms with E-state index in [1.807, 2.05) is 5.51 Å². The molecule has 1 N–H and O–H groups in total. The third-order valence-electron chi connectivity index (χ3n) is 2.88. The van der Waals surface area contributed by atoms with Crippen LogP contribution in [0.3, 0.4) is 0 Å². The van der Waals surface area contributed by atoms with Gasteiger partial charge < -0.3 is 5.32 Å². The van der Waals surface area contributed by atoms with E-state index in [0.29, 0.717) is 6.04 Å². The van der Waals surface area contributed by atoms with Crippen molar-refractivity contribution in [2.45, 2.75) is 52.5 Å². The first-order valence-corrected chi connectivity index (χ1v) is 8.15. The first-order chi connectivity index (χ1) is 8.91. The molecular weight excluding hydrogens is 276 g/mol. The first kappa shape index (κ1) is 14.4. The molecule has 2 heterocycles. The van der Waals surface area contributed by atoms with E-state index < -0.39 is 0 Å². The van der Waals surface area contributed by atoms with Crippen LogP contribution in [0.2, 0.25) is 0 Å². The molecule has 0 saturated heterocycles. The van der Waals surface area contributed by atoms with E-state index in [2.05, 4.69) is 55.1 Å². The highest BCUT2D eigenvalue weighted by Gasteiger charge is 2.24. The Morgan fingerprint density at radius 1 is 1.32 bits per heavy atom. The fourth-order valence-electron chi connectivity index (χ4n) is 1.62. The number of thiazole rings is 1. The van der Waals surface area contributed by atoms with E-state index in [9.17, 15) is 0 Å². The van der Waals surface area contributed by atoms with Gasteiger partial charge in [0, 0.05) is 11.5 Å². The third-order valence-corrected chi connectivity index (χ3v) is 4.71. The SMILES string of the molecule is CCC(C)Nc1nnc(-c2scnc2C(C)(C)C)s1. The molecule has 0 amide bonds. The molecule has 2 aromatic heterocycles. The Bertz CT molecular complexity index is 539. The number of nitrogens with one attached hydrogen (secondary N) is 1. The van der Waals surface area contributed by atoms with Crippen molar-refractivity contribution in [3.63, 3.8) is 0 Å². The van der Waals surface area contributed by atoms with Crippen molar-refractivity contribution in [1.29, 1.82) is 0 Å². The molecule has 0 aliphatic carbocycles. The van der Waals surface area contributed by atoms with Gasteiger partial charge in [-0.15, -0.1) is 21.5 Å².